The zero-order valence-corrected chi connectivity index (χ0v) is 23.3. The molecule has 0 spiro atoms. The van der Waals surface area contributed by atoms with Crippen LogP contribution in [0.3, 0.4) is 0 Å². The van der Waals surface area contributed by atoms with Gasteiger partial charge in [0.25, 0.3) is 0 Å². The van der Waals surface area contributed by atoms with E-state index >= 15 is 0 Å². The van der Waals surface area contributed by atoms with E-state index < -0.39 is 0 Å². The predicted octanol–water partition coefficient (Wildman–Crippen LogP) is 7.50. The van der Waals surface area contributed by atoms with Crippen LogP contribution in [0.4, 0.5) is 0 Å². The molecule has 2 aliphatic rings. The third-order valence-corrected chi connectivity index (χ3v) is 9.32. The largest absolute Gasteiger partial charge is 0.327 e. The van der Waals surface area contributed by atoms with Gasteiger partial charge in [-0.3, -0.25) is 0 Å². The van der Waals surface area contributed by atoms with Gasteiger partial charge in [-0.25, -0.2) is 0 Å². The van der Waals surface area contributed by atoms with Crippen LogP contribution in [-0.2, 0) is 0 Å². The summed E-state index contributed by atoms with van der Waals surface area (Å²) in [6, 6.07) is 0.640. The number of nitrogens with two attached hydrogens (primary N) is 2. The minimum Gasteiger partial charge on any atom is -0.327 e. The number of hydrogen-bond acceptors (Lipinski definition) is 2. The van der Waals surface area contributed by atoms with Crippen LogP contribution in [0.5, 0.6) is 0 Å². The average Bonchev–Trinajstić information content (AvgIpc) is 2.53. The zero-order chi connectivity index (χ0) is 24.2. The van der Waals surface area contributed by atoms with Gasteiger partial charge in [-0.05, 0) is 89.3 Å². The Hall–Kier alpha value is -0.0800. The monoisotopic (exact) mass is 434 g/mol. The molecular formula is C29H58N2. The Kier molecular flexibility index (Phi) is 7.83. The van der Waals surface area contributed by atoms with Gasteiger partial charge in [-0.15, -0.1) is 0 Å². The summed E-state index contributed by atoms with van der Waals surface area (Å²) in [5, 5.41) is 0. The highest BCUT2D eigenvalue weighted by Crippen LogP contribution is 2.53. The zero-order valence-electron chi connectivity index (χ0n) is 23.3. The van der Waals surface area contributed by atoms with Crippen molar-refractivity contribution >= 4 is 0 Å². The van der Waals surface area contributed by atoms with E-state index in [2.05, 4.69) is 83.1 Å². The molecule has 2 saturated carbocycles. The Bertz CT molecular complexity index is 480. The summed E-state index contributed by atoms with van der Waals surface area (Å²) < 4.78 is 0. The van der Waals surface area contributed by atoms with Gasteiger partial charge in [-0.2, -0.15) is 0 Å². The first-order valence-electron chi connectivity index (χ1n) is 13.2. The summed E-state index contributed by atoms with van der Waals surface area (Å²) in [6.45, 7) is 28.9. The lowest BCUT2D eigenvalue weighted by Gasteiger charge is -2.53. The fourth-order valence-electron chi connectivity index (χ4n) is 7.40. The summed E-state index contributed by atoms with van der Waals surface area (Å²) in [6.07, 6.45) is 6.60. The van der Waals surface area contributed by atoms with Gasteiger partial charge in [0, 0.05) is 12.1 Å². The van der Waals surface area contributed by atoms with Crippen LogP contribution >= 0.6 is 0 Å². The molecule has 2 fully saturated rings. The van der Waals surface area contributed by atoms with Crippen molar-refractivity contribution in [3.8, 4) is 0 Å². The molecule has 0 aromatic heterocycles. The van der Waals surface area contributed by atoms with Crippen molar-refractivity contribution in [1.82, 2.24) is 0 Å². The molecule has 0 aromatic rings. The SMILES string of the molecule is CC(C)(C)C1CC(CC2CC(C(C)(C)C)C(N)C(C(C)(C)C)C2)CC(C(C)(C)C)C1N. The third kappa shape index (κ3) is 6.50. The van der Waals surface area contributed by atoms with Crippen LogP contribution in [0.2, 0.25) is 0 Å². The Balaban J connectivity index is 2.27. The number of rotatable bonds is 2. The average molecular weight is 435 g/mol. The molecule has 0 radical (unpaired) electrons. The van der Waals surface area contributed by atoms with Crippen LogP contribution in [0, 0.1) is 57.2 Å². The van der Waals surface area contributed by atoms with E-state index in [1.54, 1.807) is 0 Å². The molecule has 0 aliphatic heterocycles. The summed E-state index contributed by atoms with van der Waals surface area (Å²) >= 11 is 0. The standard InChI is InChI=1S/C29H58N2/c1-26(2,3)20-14-18(15-21(24(20)30)27(4,5)6)13-19-16-22(28(7,8)9)25(31)23(17-19)29(10,11)12/h18-25H,13-17,30-31H2,1-12H3. The normalized spacial score (nSPS) is 38.9. The van der Waals surface area contributed by atoms with E-state index in [0.29, 0.717) is 35.8 Å². The van der Waals surface area contributed by atoms with E-state index in [-0.39, 0.29) is 21.7 Å². The fourth-order valence-corrected chi connectivity index (χ4v) is 7.40. The summed E-state index contributed by atoms with van der Waals surface area (Å²) in [5.74, 6) is 4.04. The third-order valence-electron chi connectivity index (χ3n) is 9.32. The van der Waals surface area contributed by atoms with Gasteiger partial charge in [0.1, 0.15) is 0 Å². The van der Waals surface area contributed by atoms with Gasteiger partial charge in [0.2, 0.25) is 0 Å². The Labute approximate surface area is 196 Å². The summed E-state index contributed by atoms with van der Waals surface area (Å²) in [7, 11) is 0. The van der Waals surface area contributed by atoms with Gasteiger partial charge in [0.15, 0.2) is 0 Å². The maximum Gasteiger partial charge on any atom is 0.0106 e. The van der Waals surface area contributed by atoms with E-state index in [9.17, 15) is 0 Å². The van der Waals surface area contributed by atoms with Crippen LogP contribution in [0.25, 0.3) is 0 Å². The molecule has 2 rings (SSSR count). The first kappa shape index (κ1) is 27.2. The van der Waals surface area contributed by atoms with Crippen LogP contribution in [0.15, 0.2) is 0 Å². The van der Waals surface area contributed by atoms with Crippen molar-refractivity contribution in [2.24, 2.45) is 68.6 Å². The van der Waals surface area contributed by atoms with Crippen molar-refractivity contribution in [2.75, 3.05) is 0 Å². The molecule has 0 aromatic carbocycles. The Morgan fingerprint density at radius 2 is 0.645 bits per heavy atom. The highest BCUT2D eigenvalue weighted by atomic mass is 14.7. The minimum absolute atomic E-state index is 0.276. The van der Waals surface area contributed by atoms with E-state index in [1.807, 2.05) is 0 Å². The van der Waals surface area contributed by atoms with Crippen molar-refractivity contribution in [3.05, 3.63) is 0 Å². The molecule has 4 atom stereocenters. The molecule has 4 unspecified atom stereocenters. The lowest BCUT2D eigenvalue weighted by Crippen LogP contribution is -2.54. The van der Waals surface area contributed by atoms with Crippen LogP contribution in [0.1, 0.15) is 115 Å². The van der Waals surface area contributed by atoms with Crippen LogP contribution < -0.4 is 11.5 Å². The first-order chi connectivity index (χ1) is 13.7. The van der Waals surface area contributed by atoms with E-state index in [4.69, 9.17) is 11.5 Å². The molecule has 31 heavy (non-hydrogen) atoms. The smallest absolute Gasteiger partial charge is 0.0106 e. The molecule has 0 bridgehead atoms. The second kappa shape index (κ2) is 8.94. The number of hydrogen-bond donors (Lipinski definition) is 2. The van der Waals surface area contributed by atoms with Crippen LogP contribution in [-0.4, -0.2) is 12.1 Å². The summed E-state index contributed by atoms with van der Waals surface area (Å²) in [4.78, 5) is 0. The molecule has 0 saturated heterocycles. The van der Waals surface area contributed by atoms with Crippen molar-refractivity contribution < 1.29 is 0 Å². The summed E-state index contributed by atoms with van der Waals surface area (Å²) in [5.41, 5.74) is 15.0. The second-order valence-corrected chi connectivity index (χ2v) is 16.0. The minimum atomic E-state index is 0.276. The molecule has 2 nitrogen and oxygen atoms in total. The molecule has 4 N–H and O–H groups in total. The van der Waals surface area contributed by atoms with Gasteiger partial charge < -0.3 is 11.5 Å². The highest BCUT2D eigenvalue weighted by molar-refractivity contribution is 5.01. The maximum absolute atomic E-state index is 6.95. The lowest BCUT2D eigenvalue weighted by molar-refractivity contribution is -0.00739. The molecular weight excluding hydrogens is 376 g/mol. The van der Waals surface area contributed by atoms with E-state index in [1.165, 1.54) is 32.1 Å². The van der Waals surface area contributed by atoms with Crippen molar-refractivity contribution in [2.45, 2.75) is 127 Å². The quantitative estimate of drug-likeness (QED) is 0.472. The first-order valence-corrected chi connectivity index (χ1v) is 13.2. The Morgan fingerprint density at radius 1 is 0.452 bits per heavy atom. The maximum atomic E-state index is 6.95. The van der Waals surface area contributed by atoms with E-state index in [0.717, 1.165) is 11.8 Å². The lowest BCUT2D eigenvalue weighted by atomic mass is 9.54. The molecule has 2 aliphatic carbocycles. The molecule has 0 amide bonds. The van der Waals surface area contributed by atoms with Crippen molar-refractivity contribution in [3.63, 3.8) is 0 Å². The molecule has 0 heterocycles. The highest BCUT2D eigenvalue weighted by Gasteiger charge is 2.48. The molecule has 2 heteroatoms. The predicted molar refractivity (Wildman–Crippen MR) is 138 cm³/mol. The second-order valence-electron chi connectivity index (χ2n) is 16.0. The van der Waals surface area contributed by atoms with Gasteiger partial charge >= 0.3 is 0 Å². The Morgan fingerprint density at radius 3 is 0.806 bits per heavy atom. The molecule has 184 valence electrons. The topological polar surface area (TPSA) is 52.0 Å². The van der Waals surface area contributed by atoms with Gasteiger partial charge in [0.05, 0.1) is 0 Å². The fraction of sp³-hybridized carbons (Fsp3) is 1.00. The van der Waals surface area contributed by atoms with Gasteiger partial charge in [-0.1, -0.05) is 83.1 Å². The van der Waals surface area contributed by atoms with Crippen molar-refractivity contribution in [1.29, 1.82) is 0 Å².